The summed E-state index contributed by atoms with van der Waals surface area (Å²) >= 11 is 6.04. The summed E-state index contributed by atoms with van der Waals surface area (Å²) < 4.78 is 26.9. The van der Waals surface area contributed by atoms with Crippen LogP contribution < -0.4 is 5.32 Å². The number of carbonyl (C=O) groups excluding carboxylic acids is 1. The predicted octanol–water partition coefficient (Wildman–Crippen LogP) is 2.59. The zero-order valence-corrected chi connectivity index (χ0v) is 16.6. The monoisotopic (exact) mass is 407 g/mol. The second-order valence-corrected chi connectivity index (χ2v) is 8.84. The van der Waals surface area contributed by atoms with Crippen molar-refractivity contribution < 1.29 is 13.2 Å². The van der Waals surface area contributed by atoms with Gasteiger partial charge >= 0.3 is 0 Å². The SMILES string of the molecule is Cc1cccc(NC(=O)CN2CCN(S(=O)(=O)c3ccccc3Cl)CC2)c1. The second kappa shape index (κ2) is 8.39. The van der Waals surface area contributed by atoms with E-state index in [1.54, 1.807) is 18.2 Å². The molecule has 0 spiro atoms. The molecule has 2 aromatic rings. The molecule has 0 saturated carbocycles. The second-order valence-electron chi connectivity index (χ2n) is 6.53. The molecule has 1 aliphatic rings. The number of sulfonamides is 1. The number of nitrogens with one attached hydrogen (secondary N) is 1. The first-order chi connectivity index (χ1) is 12.9. The van der Waals surface area contributed by atoms with Gasteiger partial charge in [-0.15, -0.1) is 0 Å². The fraction of sp³-hybridized carbons (Fsp3) is 0.316. The summed E-state index contributed by atoms with van der Waals surface area (Å²) in [5.41, 5.74) is 1.84. The van der Waals surface area contributed by atoms with Gasteiger partial charge in [0.25, 0.3) is 0 Å². The standard InChI is InChI=1S/C19H22ClN3O3S/c1-15-5-4-6-16(13-15)21-19(24)14-22-9-11-23(12-10-22)27(25,26)18-8-3-2-7-17(18)20/h2-8,13H,9-12,14H2,1H3,(H,21,24). The molecule has 1 heterocycles. The van der Waals surface area contributed by atoms with Gasteiger partial charge in [0.2, 0.25) is 15.9 Å². The fourth-order valence-electron chi connectivity index (χ4n) is 3.05. The van der Waals surface area contributed by atoms with Crippen molar-refractivity contribution in [3.8, 4) is 0 Å². The molecular formula is C19H22ClN3O3S. The Morgan fingerprint density at radius 1 is 1.07 bits per heavy atom. The molecule has 27 heavy (non-hydrogen) atoms. The first-order valence-electron chi connectivity index (χ1n) is 8.70. The van der Waals surface area contributed by atoms with Gasteiger partial charge in [0.15, 0.2) is 0 Å². The normalized spacial score (nSPS) is 16.2. The minimum Gasteiger partial charge on any atom is -0.325 e. The van der Waals surface area contributed by atoms with Crippen molar-refractivity contribution in [2.24, 2.45) is 0 Å². The number of rotatable bonds is 5. The summed E-state index contributed by atoms with van der Waals surface area (Å²) in [6.07, 6.45) is 0. The van der Waals surface area contributed by atoms with E-state index in [9.17, 15) is 13.2 Å². The van der Waals surface area contributed by atoms with E-state index in [1.165, 1.54) is 10.4 Å². The number of hydrogen-bond acceptors (Lipinski definition) is 4. The Hall–Kier alpha value is -1.93. The number of anilines is 1. The molecule has 8 heteroatoms. The largest absolute Gasteiger partial charge is 0.325 e. The van der Waals surface area contributed by atoms with Crippen molar-refractivity contribution in [3.63, 3.8) is 0 Å². The predicted molar refractivity (Wildman–Crippen MR) is 106 cm³/mol. The van der Waals surface area contributed by atoms with Crippen LogP contribution in [-0.4, -0.2) is 56.3 Å². The minimum atomic E-state index is -3.62. The Morgan fingerprint density at radius 2 is 1.78 bits per heavy atom. The molecule has 0 aromatic heterocycles. The molecule has 0 aliphatic carbocycles. The summed E-state index contributed by atoms with van der Waals surface area (Å²) in [5, 5.41) is 3.09. The Bertz CT molecular complexity index is 925. The lowest BCUT2D eigenvalue weighted by Gasteiger charge is -2.33. The Balaban J connectivity index is 1.56. The average Bonchev–Trinajstić information content (AvgIpc) is 2.62. The first kappa shape index (κ1) is 19.8. The minimum absolute atomic E-state index is 0.108. The molecule has 144 valence electrons. The van der Waals surface area contributed by atoms with E-state index in [-0.39, 0.29) is 22.4 Å². The lowest BCUT2D eigenvalue weighted by molar-refractivity contribution is -0.117. The first-order valence-corrected chi connectivity index (χ1v) is 10.5. The molecule has 0 radical (unpaired) electrons. The third-order valence-corrected chi connectivity index (χ3v) is 6.85. The smallest absolute Gasteiger partial charge is 0.244 e. The number of piperazine rings is 1. The van der Waals surface area contributed by atoms with Gasteiger partial charge in [-0.3, -0.25) is 9.69 Å². The molecule has 1 saturated heterocycles. The maximum absolute atomic E-state index is 12.8. The molecule has 3 rings (SSSR count). The van der Waals surface area contributed by atoms with Gasteiger partial charge in [-0.05, 0) is 36.8 Å². The van der Waals surface area contributed by atoms with Crippen molar-refractivity contribution in [2.75, 3.05) is 38.0 Å². The molecule has 0 bridgehead atoms. The van der Waals surface area contributed by atoms with Crippen LogP contribution in [0.25, 0.3) is 0 Å². The van der Waals surface area contributed by atoms with Gasteiger partial charge in [0.1, 0.15) is 4.90 Å². The Kier molecular flexibility index (Phi) is 6.16. The summed E-state index contributed by atoms with van der Waals surface area (Å²) in [4.78, 5) is 14.3. The highest BCUT2D eigenvalue weighted by Gasteiger charge is 2.30. The lowest BCUT2D eigenvalue weighted by Crippen LogP contribution is -2.50. The van der Waals surface area contributed by atoms with E-state index in [2.05, 4.69) is 5.32 Å². The quantitative estimate of drug-likeness (QED) is 0.827. The van der Waals surface area contributed by atoms with Gasteiger partial charge < -0.3 is 5.32 Å². The van der Waals surface area contributed by atoms with Gasteiger partial charge in [-0.25, -0.2) is 8.42 Å². The molecule has 0 unspecified atom stereocenters. The zero-order chi connectivity index (χ0) is 19.4. The van der Waals surface area contributed by atoms with Crippen molar-refractivity contribution >= 4 is 33.2 Å². The summed E-state index contributed by atoms with van der Waals surface area (Å²) in [6.45, 7) is 3.83. The van der Waals surface area contributed by atoms with Crippen LogP contribution in [-0.2, 0) is 14.8 Å². The third-order valence-electron chi connectivity index (χ3n) is 4.45. The van der Waals surface area contributed by atoms with Crippen molar-refractivity contribution in [3.05, 3.63) is 59.1 Å². The number of aryl methyl sites for hydroxylation is 1. The van der Waals surface area contributed by atoms with Crippen LogP contribution in [0.15, 0.2) is 53.4 Å². The average molecular weight is 408 g/mol. The van der Waals surface area contributed by atoms with Gasteiger partial charge in [0.05, 0.1) is 11.6 Å². The summed E-state index contributed by atoms with van der Waals surface area (Å²) in [7, 11) is -3.62. The number of hydrogen-bond donors (Lipinski definition) is 1. The molecule has 1 aliphatic heterocycles. The molecule has 0 atom stereocenters. The molecule has 2 aromatic carbocycles. The molecular weight excluding hydrogens is 386 g/mol. The summed E-state index contributed by atoms with van der Waals surface area (Å²) in [5.74, 6) is -0.108. The number of halogens is 1. The maximum atomic E-state index is 12.8. The Morgan fingerprint density at radius 3 is 2.44 bits per heavy atom. The topological polar surface area (TPSA) is 69.7 Å². The number of nitrogens with zero attached hydrogens (tertiary/aromatic N) is 2. The van der Waals surface area contributed by atoms with Crippen LogP contribution >= 0.6 is 11.6 Å². The van der Waals surface area contributed by atoms with Crippen LogP contribution in [0.3, 0.4) is 0 Å². The molecule has 1 N–H and O–H groups in total. The van der Waals surface area contributed by atoms with Crippen molar-refractivity contribution in [2.45, 2.75) is 11.8 Å². The van der Waals surface area contributed by atoms with Gasteiger partial charge in [-0.2, -0.15) is 4.31 Å². The number of benzene rings is 2. The van der Waals surface area contributed by atoms with E-state index in [0.717, 1.165) is 11.3 Å². The Labute approximate surface area is 164 Å². The van der Waals surface area contributed by atoms with E-state index in [0.29, 0.717) is 26.2 Å². The van der Waals surface area contributed by atoms with Crippen molar-refractivity contribution in [1.29, 1.82) is 0 Å². The van der Waals surface area contributed by atoms with Crippen molar-refractivity contribution in [1.82, 2.24) is 9.21 Å². The van der Waals surface area contributed by atoms with Crippen LogP contribution in [0.4, 0.5) is 5.69 Å². The lowest BCUT2D eigenvalue weighted by atomic mass is 10.2. The molecule has 1 fully saturated rings. The molecule has 6 nitrogen and oxygen atoms in total. The van der Waals surface area contributed by atoms with E-state index >= 15 is 0 Å². The van der Waals surface area contributed by atoms with Crippen LogP contribution in [0.5, 0.6) is 0 Å². The number of carbonyl (C=O) groups is 1. The maximum Gasteiger partial charge on any atom is 0.244 e. The van der Waals surface area contributed by atoms with Crippen LogP contribution in [0, 0.1) is 6.92 Å². The van der Waals surface area contributed by atoms with Gasteiger partial charge in [-0.1, -0.05) is 35.9 Å². The van der Waals surface area contributed by atoms with Gasteiger partial charge in [0, 0.05) is 31.9 Å². The highest BCUT2D eigenvalue weighted by atomic mass is 35.5. The fourth-order valence-corrected chi connectivity index (χ4v) is 4.96. The highest BCUT2D eigenvalue weighted by molar-refractivity contribution is 7.89. The summed E-state index contributed by atoms with van der Waals surface area (Å²) in [6, 6.07) is 14.1. The third kappa shape index (κ3) is 4.87. The van der Waals surface area contributed by atoms with Crippen LogP contribution in [0.2, 0.25) is 5.02 Å². The molecule has 1 amide bonds. The van der Waals surface area contributed by atoms with E-state index < -0.39 is 10.0 Å². The highest BCUT2D eigenvalue weighted by Crippen LogP contribution is 2.25. The van der Waals surface area contributed by atoms with E-state index in [4.69, 9.17) is 11.6 Å². The number of amides is 1. The van der Waals surface area contributed by atoms with E-state index in [1.807, 2.05) is 36.1 Å². The van der Waals surface area contributed by atoms with Crippen LogP contribution in [0.1, 0.15) is 5.56 Å². The zero-order valence-electron chi connectivity index (χ0n) is 15.1.